The molecular formula is C15H28O4. The quantitative estimate of drug-likeness (QED) is 0.527. The van der Waals surface area contributed by atoms with E-state index in [1.165, 1.54) is 0 Å². The minimum atomic E-state index is -0.137. The number of allylic oxidation sites excluding steroid dienone is 1. The van der Waals surface area contributed by atoms with E-state index in [1.54, 1.807) is 13.0 Å². The first-order valence-corrected chi connectivity index (χ1v) is 6.88. The van der Waals surface area contributed by atoms with Gasteiger partial charge in [0.1, 0.15) is 0 Å². The van der Waals surface area contributed by atoms with Crippen molar-refractivity contribution >= 4 is 11.9 Å². The lowest BCUT2D eigenvalue weighted by atomic mass is 10.1. The van der Waals surface area contributed by atoms with Crippen LogP contribution < -0.4 is 0 Å². The van der Waals surface area contributed by atoms with Gasteiger partial charge in [0.15, 0.2) is 0 Å². The van der Waals surface area contributed by atoms with Crippen LogP contribution in [0.3, 0.4) is 0 Å². The Bertz CT molecular complexity index is 261. The van der Waals surface area contributed by atoms with Crippen molar-refractivity contribution in [3.05, 3.63) is 12.7 Å². The molecule has 0 aromatic carbocycles. The van der Waals surface area contributed by atoms with Gasteiger partial charge in [0.2, 0.25) is 0 Å². The molecule has 19 heavy (non-hydrogen) atoms. The van der Waals surface area contributed by atoms with Crippen molar-refractivity contribution in [3.63, 3.8) is 0 Å². The minimum absolute atomic E-state index is 0.0440. The van der Waals surface area contributed by atoms with E-state index < -0.39 is 0 Å². The standard InChI is InChI=1S/C8H14O2.C7H14O2/c1-4-6-7(3)8(9)10-5-2;1-4-6(3)7(8)9-5-2/h4,7H,1,5-6H2,2-3H3;6H,4-5H2,1-3H3. The highest BCUT2D eigenvalue weighted by Crippen LogP contribution is 2.04. The van der Waals surface area contributed by atoms with Crippen molar-refractivity contribution in [1.82, 2.24) is 0 Å². The highest BCUT2D eigenvalue weighted by molar-refractivity contribution is 5.72. The molecule has 0 heterocycles. The Kier molecular flexibility index (Phi) is 13.8. The van der Waals surface area contributed by atoms with Crippen LogP contribution in [0, 0.1) is 11.8 Å². The van der Waals surface area contributed by atoms with Gasteiger partial charge in [-0.15, -0.1) is 6.58 Å². The first kappa shape index (κ1) is 20.0. The summed E-state index contributed by atoms with van der Waals surface area (Å²) in [4.78, 5) is 21.6. The molecule has 0 aromatic rings. The summed E-state index contributed by atoms with van der Waals surface area (Å²) in [6.45, 7) is 13.8. The van der Waals surface area contributed by atoms with Crippen molar-refractivity contribution in [2.75, 3.05) is 13.2 Å². The van der Waals surface area contributed by atoms with Crippen LogP contribution >= 0.6 is 0 Å². The summed E-state index contributed by atoms with van der Waals surface area (Å²) in [6.07, 6.45) is 3.28. The van der Waals surface area contributed by atoms with Gasteiger partial charge in [-0.25, -0.2) is 0 Å². The molecule has 0 aliphatic rings. The third kappa shape index (κ3) is 11.5. The molecule has 0 saturated carbocycles. The molecule has 4 nitrogen and oxygen atoms in total. The number of ether oxygens (including phenoxy) is 2. The van der Waals surface area contributed by atoms with Crippen molar-refractivity contribution < 1.29 is 19.1 Å². The van der Waals surface area contributed by atoms with Crippen molar-refractivity contribution in [1.29, 1.82) is 0 Å². The van der Waals surface area contributed by atoms with E-state index in [0.717, 1.165) is 6.42 Å². The van der Waals surface area contributed by atoms with Crippen LogP contribution in [0.25, 0.3) is 0 Å². The van der Waals surface area contributed by atoms with Crippen LogP contribution in [0.15, 0.2) is 12.7 Å². The van der Waals surface area contributed by atoms with Gasteiger partial charge in [0.05, 0.1) is 25.0 Å². The fraction of sp³-hybridized carbons (Fsp3) is 0.733. The van der Waals surface area contributed by atoms with Crippen molar-refractivity contribution in [3.8, 4) is 0 Å². The number of rotatable bonds is 7. The van der Waals surface area contributed by atoms with Crippen LogP contribution in [0.1, 0.15) is 47.5 Å². The average Bonchev–Trinajstić information content (AvgIpc) is 2.39. The maximum Gasteiger partial charge on any atom is 0.308 e. The number of hydrogen-bond donors (Lipinski definition) is 0. The summed E-state index contributed by atoms with van der Waals surface area (Å²) >= 11 is 0. The largest absolute Gasteiger partial charge is 0.466 e. The summed E-state index contributed by atoms with van der Waals surface area (Å²) in [5.74, 6) is -0.204. The van der Waals surface area contributed by atoms with E-state index >= 15 is 0 Å². The zero-order valence-electron chi connectivity index (χ0n) is 12.9. The Labute approximate surface area is 117 Å². The Balaban J connectivity index is 0. The highest BCUT2D eigenvalue weighted by atomic mass is 16.5. The van der Waals surface area contributed by atoms with Crippen LogP contribution in [0.4, 0.5) is 0 Å². The Morgan fingerprint density at radius 1 is 1.00 bits per heavy atom. The number of hydrogen-bond acceptors (Lipinski definition) is 4. The van der Waals surface area contributed by atoms with Crippen molar-refractivity contribution in [2.24, 2.45) is 11.8 Å². The van der Waals surface area contributed by atoms with Gasteiger partial charge in [0, 0.05) is 0 Å². The molecule has 0 bridgehead atoms. The molecule has 0 aliphatic heterocycles. The normalized spacial score (nSPS) is 12.5. The Hall–Kier alpha value is -1.32. The topological polar surface area (TPSA) is 52.6 Å². The average molecular weight is 272 g/mol. The molecule has 0 radical (unpaired) electrons. The second-order valence-corrected chi connectivity index (χ2v) is 4.24. The zero-order chi connectivity index (χ0) is 15.3. The van der Waals surface area contributed by atoms with E-state index in [1.807, 2.05) is 27.7 Å². The fourth-order valence-electron chi connectivity index (χ4n) is 1.08. The van der Waals surface area contributed by atoms with E-state index in [0.29, 0.717) is 19.6 Å². The van der Waals surface area contributed by atoms with Gasteiger partial charge in [0.25, 0.3) is 0 Å². The van der Waals surface area contributed by atoms with Crippen LogP contribution in [-0.4, -0.2) is 25.2 Å². The summed E-state index contributed by atoms with van der Waals surface area (Å²) < 4.78 is 9.53. The fourth-order valence-corrected chi connectivity index (χ4v) is 1.08. The smallest absolute Gasteiger partial charge is 0.308 e. The minimum Gasteiger partial charge on any atom is -0.466 e. The number of carbonyl (C=O) groups is 2. The molecule has 0 fully saturated rings. The predicted octanol–water partition coefficient (Wildman–Crippen LogP) is 3.36. The lowest BCUT2D eigenvalue weighted by Crippen LogP contribution is -2.13. The van der Waals surface area contributed by atoms with E-state index in [2.05, 4.69) is 6.58 Å². The predicted molar refractivity (Wildman–Crippen MR) is 76.7 cm³/mol. The molecule has 2 unspecified atom stereocenters. The van der Waals surface area contributed by atoms with Gasteiger partial charge in [-0.05, 0) is 26.7 Å². The van der Waals surface area contributed by atoms with Gasteiger partial charge in [-0.3, -0.25) is 9.59 Å². The summed E-state index contributed by atoms with van der Waals surface area (Å²) in [5, 5.41) is 0. The lowest BCUT2D eigenvalue weighted by Gasteiger charge is -2.06. The maximum atomic E-state index is 10.9. The third-order valence-electron chi connectivity index (χ3n) is 2.51. The summed E-state index contributed by atoms with van der Waals surface area (Å²) in [7, 11) is 0. The summed E-state index contributed by atoms with van der Waals surface area (Å²) in [5.41, 5.74) is 0. The molecule has 0 amide bonds. The highest BCUT2D eigenvalue weighted by Gasteiger charge is 2.10. The monoisotopic (exact) mass is 272 g/mol. The molecule has 0 rings (SSSR count). The molecule has 0 saturated heterocycles. The van der Waals surface area contributed by atoms with Gasteiger partial charge in [-0.1, -0.05) is 26.8 Å². The van der Waals surface area contributed by atoms with E-state index in [4.69, 9.17) is 9.47 Å². The number of carbonyl (C=O) groups excluding carboxylic acids is 2. The van der Waals surface area contributed by atoms with E-state index in [-0.39, 0.29) is 23.8 Å². The zero-order valence-corrected chi connectivity index (χ0v) is 12.9. The molecule has 2 atom stereocenters. The maximum absolute atomic E-state index is 10.9. The lowest BCUT2D eigenvalue weighted by molar-refractivity contribution is -0.148. The van der Waals surface area contributed by atoms with E-state index in [9.17, 15) is 9.59 Å². The van der Waals surface area contributed by atoms with Gasteiger partial charge in [-0.2, -0.15) is 0 Å². The Morgan fingerprint density at radius 3 is 1.74 bits per heavy atom. The molecule has 0 spiro atoms. The molecular weight excluding hydrogens is 244 g/mol. The molecule has 0 N–H and O–H groups in total. The van der Waals surface area contributed by atoms with Crippen LogP contribution in [0.5, 0.6) is 0 Å². The van der Waals surface area contributed by atoms with Crippen molar-refractivity contribution in [2.45, 2.75) is 47.5 Å². The first-order chi connectivity index (χ1) is 8.94. The number of esters is 2. The second-order valence-electron chi connectivity index (χ2n) is 4.24. The SMILES string of the molecule is C=CCC(C)C(=O)OCC.CCOC(=O)C(C)CC. The second kappa shape index (κ2) is 13.1. The first-order valence-electron chi connectivity index (χ1n) is 6.88. The van der Waals surface area contributed by atoms with Crippen LogP contribution in [-0.2, 0) is 19.1 Å². The van der Waals surface area contributed by atoms with Gasteiger partial charge < -0.3 is 9.47 Å². The molecule has 4 heteroatoms. The van der Waals surface area contributed by atoms with Gasteiger partial charge >= 0.3 is 11.9 Å². The molecule has 0 aliphatic carbocycles. The molecule has 0 aromatic heterocycles. The van der Waals surface area contributed by atoms with Crippen LogP contribution in [0.2, 0.25) is 0 Å². The third-order valence-corrected chi connectivity index (χ3v) is 2.51. The Morgan fingerprint density at radius 2 is 1.42 bits per heavy atom. The molecule has 112 valence electrons. The summed E-state index contributed by atoms with van der Waals surface area (Å²) in [6, 6.07) is 0.